The van der Waals surface area contributed by atoms with Crippen LogP contribution in [0.2, 0.25) is 0 Å². The molecule has 124 valence electrons. The van der Waals surface area contributed by atoms with Gasteiger partial charge in [-0.05, 0) is 45.0 Å². The number of benzene rings is 2. The lowest BCUT2D eigenvalue weighted by atomic mass is 10.2. The van der Waals surface area contributed by atoms with E-state index >= 15 is 0 Å². The average molecular weight is 321 g/mol. The summed E-state index contributed by atoms with van der Waals surface area (Å²) in [5.41, 5.74) is 5.49. The summed E-state index contributed by atoms with van der Waals surface area (Å²) in [4.78, 5) is 0. The standard InChI is InChI=1S/C20H23N3O/c1-4-24-20-13-9-8-12-19(20)21-14-18-15(2)22-23(16(18)3)17-10-6-5-7-11-17/h5-13,21H,4,14H2,1-3H3. The first kappa shape index (κ1) is 16.1. The van der Waals surface area contributed by atoms with Crippen molar-refractivity contribution in [2.45, 2.75) is 27.3 Å². The van der Waals surface area contributed by atoms with Crippen molar-refractivity contribution in [2.75, 3.05) is 11.9 Å². The maximum Gasteiger partial charge on any atom is 0.142 e. The summed E-state index contributed by atoms with van der Waals surface area (Å²) in [5.74, 6) is 0.880. The fourth-order valence-electron chi connectivity index (χ4n) is 2.83. The normalized spacial score (nSPS) is 10.6. The molecule has 3 aromatic rings. The number of aromatic nitrogens is 2. The van der Waals surface area contributed by atoms with Crippen LogP contribution in [0.15, 0.2) is 54.6 Å². The van der Waals surface area contributed by atoms with Crippen molar-refractivity contribution in [3.05, 3.63) is 71.5 Å². The molecule has 0 spiro atoms. The summed E-state index contributed by atoms with van der Waals surface area (Å²) < 4.78 is 7.68. The van der Waals surface area contributed by atoms with Gasteiger partial charge in [-0.2, -0.15) is 5.10 Å². The number of hydrogen-bond donors (Lipinski definition) is 1. The minimum absolute atomic E-state index is 0.655. The lowest BCUT2D eigenvalue weighted by molar-refractivity contribution is 0.341. The molecule has 0 unspecified atom stereocenters. The topological polar surface area (TPSA) is 39.1 Å². The van der Waals surface area contributed by atoms with Crippen LogP contribution < -0.4 is 10.1 Å². The van der Waals surface area contributed by atoms with Crippen LogP contribution in [-0.2, 0) is 6.54 Å². The van der Waals surface area contributed by atoms with E-state index in [0.717, 1.165) is 28.5 Å². The quantitative estimate of drug-likeness (QED) is 0.726. The largest absolute Gasteiger partial charge is 0.492 e. The molecule has 0 amide bonds. The first-order valence-electron chi connectivity index (χ1n) is 8.27. The smallest absolute Gasteiger partial charge is 0.142 e. The molecule has 0 aliphatic rings. The number of nitrogens with zero attached hydrogens (tertiary/aromatic N) is 2. The molecular weight excluding hydrogens is 298 g/mol. The van der Waals surface area contributed by atoms with Gasteiger partial charge in [0.2, 0.25) is 0 Å². The fraction of sp³-hybridized carbons (Fsp3) is 0.250. The number of hydrogen-bond acceptors (Lipinski definition) is 3. The molecule has 0 aliphatic carbocycles. The van der Waals surface area contributed by atoms with Crippen molar-refractivity contribution in [1.29, 1.82) is 0 Å². The van der Waals surface area contributed by atoms with Crippen molar-refractivity contribution in [1.82, 2.24) is 9.78 Å². The molecule has 24 heavy (non-hydrogen) atoms. The van der Waals surface area contributed by atoms with Crippen LogP contribution in [-0.4, -0.2) is 16.4 Å². The minimum Gasteiger partial charge on any atom is -0.492 e. The van der Waals surface area contributed by atoms with E-state index in [2.05, 4.69) is 31.3 Å². The van der Waals surface area contributed by atoms with Gasteiger partial charge in [0.25, 0.3) is 0 Å². The van der Waals surface area contributed by atoms with Crippen molar-refractivity contribution in [2.24, 2.45) is 0 Å². The molecule has 0 radical (unpaired) electrons. The zero-order valence-electron chi connectivity index (χ0n) is 14.4. The molecule has 0 atom stereocenters. The molecule has 2 aromatic carbocycles. The van der Waals surface area contributed by atoms with E-state index in [4.69, 9.17) is 9.84 Å². The van der Waals surface area contributed by atoms with E-state index in [9.17, 15) is 0 Å². The predicted molar refractivity (Wildman–Crippen MR) is 98.0 cm³/mol. The third kappa shape index (κ3) is 3.27. The van der Waals surface area contributed by atoms with Crippen molar-refractivity contribution in [3.63, 3.8) is 0 Å². The van der Waals surface area contributed by atoms with Crippen LogP contribution >= 0.6 is 0 Å². The Labute approximate surface area is 143 Å². The summed E-state index contributed by atoms with van der Waals surface area (Å²) in [6.07, 6.45) is 0. The Hall–Kier alpha value is -2.75. The summed E-state index contributed by atoms with van der Waals surface area (Å²) in [7, 11) is 0. The van der Waals surface area contributed by atoms with E-state index in [1.807, 2.05) is 54.1 Å². The van der Waals surface area contributed by atoms with Gasteiger partial charge in [0.1, 0.15) is 5.75 Å². The van der Waals surface area contributed by atoms with E-state index < -0.39 is 0 Å². The van der Waals surface area contributed by atoms with E-state index in [0.29, 0.717) is 13.2 Å². The fourth-order valence-corrected chi connectivity index (χ4v) is 2.83. The number of ether oxygens (including phenoxy) is 1. The molecule has 1 N–H and O–H groups in total. The van der Waals surface area contributed by atoms with Gasteiger partial charge >= 0.3 is 0 Å². The van der Waals surface area contributed by atoms with Gasteiger partial charge in [0.15, 0.2) is 0 Å². The number of rotatable bonds is 6. The molecule has 0 saturated carbocycles. The monoisotopic (exact) mass is 321 g/mol. The number of aryl methyl sites for hydroxylation is 1. The summed E-state index contributed by atoms with van der Waals surface area (Å²) >= 11 is 0. The zero-order chi connectivity index (χ0) is 16.9. The Kier molecular flexibility index (Phi) is 4.85. The highest BCUT2D eigenvalue weighted by atomic mass is 16.5. The lowest BCUT2D eigenvalue weighted by Crippen LogP contribution is -2.05. The van der Waals surface area contributed by atoms with Gasteiger partial charge < -0.3 is 10.1 Å². The van der Waals surface area contributed by atoms with E-state index in [1.165, 1.54) is 5.56 Å². The first-order valence-corrected chi connectivity index (χ1v) is 8.27. The number of anilines is 1. The maximum atomic E-state index is 5.68. The molecule has 4 nitrogen and oxygen atoms in total. The van der Waals surface area contributed by atoms with Crippen LogP contribution in [0.5, 0.6) is 5.75 Å². The Balaban J connectivity index is 1.83. The van der Waals surface area contributed by atoms with Gasteiger partial charge in [-0.15, -0.1) is 0 Å². The van der Waals surface area contributed by atoms with Crippen LogP contribution in [0.4, 0.5) is 5.69 Å². The highest BCUT2D eigenvalue weighted by molar-refractivity contribution is 5.56. The van der Waals surface area contributed by atoms with Crippen LogP contribution in [0, 0.1) is 13.8 Å². The summed E-state index contributed by atoms with van der Waals surface area (Å²) in [6, 6.07) is 18.2. The molecule has 0 bridgehead atoms. The molecule has 0 fully saturated rings. The predicted octanol–water partition coefficient (Wildman–Crippen LogP) is 4.50. The first-order chi connectivity index (χ1) is 11.7. The van der Waals surface area contributed by atoms with Gasteiger partial charge in [-0.25, -0.2) is 4.68 Å². The third-order valence-corrected chi connectivity index (χ3v) is 4.08. The molecule has 1 heterocycles. The average Bonchev–Trinajstić information content (AvgIpc) is 2.89. The third-order valence-electron chi connectivity index (χ3n) is 4.08. The van der Waals surface area contributed by atoms with Crippen molar-refractivity contribution in [3.8, 4) is 11.4 Å². The van der Waals surface area contributed by atoms with Gasteiger partial charge in [0.05, 0.1) is 23.7 Å². The second kappa shape index (κ2) is 7.21. The Bertz CT molecular complexity index is 809. The molecule has 4 heteroatoms. The lowest BCUT2D eigenvalue weighted by Gasteiger charge is -2.12. The van der Waals surface area contributed by atoms with Crippen LogP contribution in [0.1, 0.15) is 23.9 Å². The van der Waals surface area contributed by atoms with Gasteiger partial charge in [0, 0.05) is 17.8 Å². The molecule has 3 rings (SSSR count). The van der Waals surface area contributed by atoms with Crippen molar-refractivity contribution < 1.29 is 4.74 Å². The van der Waals surface area contributed by atoms with Crippen molar-refractivity contribution >= 4 is 5.69 Å². The number of para-hydroxylation sites is 3. The maximum absolute atomic E-state index is 5.68. The summed E-state index contributed by atoms with van der Waals surface area (Å²) in [5, 5.41) is 8.18. The Morgan fingerprint density at radius 3 is 2.46 bits per heavy atom. The van der Waals surface area contributed by atoms with E-state index in [-0.39, 0.29) is 0 Å². The molecular formula is C20H23N3O. The molecule has 0 aliphatic heterocycles. The van der Waals surface area contributed by atoms with Crippen LogP contribution in [0.25, 0.3) is 5.69 Å². The zero-order valence-corrected chi connectivity index (χ0v) is 14.4. The second-order valence-corrected chi connectivity index (χ2v) is 5.68. The molecule has 1 aromatic heterocycles. The van der Waals surface area contributed by atoms with Crippen LogP contribution in [0.3, 0.4) is 0 Å². The highest BCUT2D eigenvalue weighted by Gasteiger charge is 2.13. The Morgan fingerprint density at radius 2 is 1.71 bits per heavy atom. The van der Waals surface area contributed by atoms with Gasteiger partial charge in [-0.1, -0.05) is 30.3 Å². The highest BCUT2D eigenvalue weighted by Crippen LogP contribution is 2.25. The Morgan fingerprint density at radius 1 is 1.00 bits per heavy atom. The van der Waals surface area contributed by atoms with E-state index in [1.54, 1.807) is 0 Å². The summed E-state index contributed by atoms with van der Waals surface area (Å²) in [6.45, 7) is 7.53. The SMILES string of the molecule is CCOc1ccccc1NCc1c(C)nn(-c2ccccc2)c1C. The van der Waals surface area contributed by atoms with Gasteiger partial charge in [-0.3, -0.25) is 0 Å². The second-order valence-electron chi connectivity index (χ2n) is 5.68. The minimum atomic E-state index is 0.655. The number of nitrogens with one attached hydrogen (secondary N) is 1. The molecule has 0 saturated heterocycles.